The first-order valence-corrected chi connectivity index (χ1v) is 7.71. The van der Waals surface area contributed by atoms with Gasteiger partial charge in [-0.3, -0.25) is 0 Å². The lowest BCUT2D eigenvalue weighted by Crippen LogP contribution is -2.38. The van der Waals surface area contributed by atoms with Crippen molar-refractivity contribution in [1.82, 2.24) is 0 Å². The number of hydrogen-bond acceptors (Lipinski definition) is 1. The Labute approximate surface area is 106 Å². The highest BCUT2D eigenvalue weighted by molar-refractivity contribution is 5.11. The van der Waals surface area contributed by atoms with Gasteiger partial charge in [-0.1, -0.05) is 33.6 Å². The van der Waals surface area contributed by atoms with Crippen molar-refractivity contribution >= 4 is 0 Å². The molecule has 0 radical (unpaired) electrons. The van der Waals surface area contributed by atoms with Gasteiger partial charge in [0.15, 0.2) is 0 Å². The number of hydrogen-bond donors (Lipinski definition) is 1. The zero-order valence-corrected chi connectivity index (χ0v) is 11.7. The zero-order valence-electron chi connectivity index (χ0n) is 11.7. The molecule has 3 fully saturated rings. The summed E-state index contributed by atoms with van der Waals surface area (Å²) in [6, 6.07) is 0. The SMILES string of the molecule is CCCC1CC(C)C2C3CC(C12)C(C)(CO)C3. The van der Waals surface area contributed by atoms with Crippen molar-refractivity contribution in [2.24, 2.45) is 40.9 Å². The van der Waals surface area contributed by atoms with Gasteiger partial charge >= 0.3 is 0 Å². The van der Waals surface area contributed by atoms with Crippen molar-refractivity contribution in [2.45, 2.75) is 52.9 Å². The summed E-state index contributed by atoms with van der Waals surface area (Å²) in [5, 5.41) is 9.75. The Bertz CT molecular complexity index is 300. The second-order valence-corrected chi connectivity index (χ2v) is 7.53. The summed E-state index contributed by atoms with van der Waals surface area (Å²) in [6.07, 6.45) is 6.97. The normalized spacial score (nSPS) is 56.5. The third kappa shape index (κ3) is 1.54. The van der Waals surface area contributed by atoms with Gasteiger partial charge in [0.05, 0.1) is 0 Å². The summed E-state index contributed by atoms with van der Waals surface area (Å²) in [7, 11) is 0. The van der Waals surface area contributed by atoms with E-state index in [2.05, 4.69) is 20.8 Å². The third-order valence-electron chi connectivity index (χ3n) is 6.53. The first kappa shape index (κ1) is 12.0. The van der Waals surface area contributed by atoms with E-state index in [0.717, 1.165) is 35.5 Å². The molecule has 17 heavy (non-hydrogen) atoms. The summed E-state index contributed by atoms with van der Waals surface area (Å²) >= 11 is 0. The maximum atomic E-state index is 9.75. The molecular formula is C16H28O. The molecular weight excluding hydrogens is 208 g/mol. The Kier molecular flexibility index (Phi) is 2.81. The molecule has 7 unspecified atom stereocenters. The summed E-state index contributed by atoms with van der Waals surface area (Å²) in [6.45, 7) is 7.59. The Morgan fingerprint density at radius 3 is 2.65 bits per heavy atom. The maximum Gasteiger partial charge on any atom is 0.0487 e. The van der Waals surface area contributed by atoms with Crippen molar-refractivity contribution in [3.8, 4) is 0 Å². The van der Waals surface area contributed by atoms with E-state index in [1.807, 2.05) is 0 Å². The van der Waals surface area contributed by atoms with Crippen LogP contribution in [0.15, 0.2) is 0 Å². The van der Waals surface area contributed by atoms with Gasteiger partial charge in [0.1, 0.15) is 0 Å². The molecule has 0 aromatic rings. The Morgan fingerprint density at radius 1 is 1.24 bits per heavy atom. The molecule has 1 heteroatoms. The van der Waals surface area contributed by atoms with E-state index >= 15 is 0 Å². The fraction of sp³-hybridized carbons (Fsp3) is 1.00. The quantitative estimate of drug-likeness (QED) is 0.792. The lowest BCUT2D eigenvalue weighted by Gasteiger charge is -2.41. The molecule has 3 aliphatic carbocycles. The molecule has 3 rings (SSSR count). The van der Waals surface area contributed by atoms with Crippen LogP contribution in [0.3, 0.4) is 0 Å². The average molecular weight is 236 g/mol. The molecule has 0 aromatic carbocycles. The first-order valence-electron chi connectivity index (χ1n) is 7.71. The number of aliphatic hydroxyl groups excluding tert-OH is 1. The van der Waals surface area contributed by atoms with Crippen LogP contribution in [0.5, 0.6) is 0 Å². The Morgan fingerprint density at radius 2 is 2.00 bits per heavy atom. The van der Waals surface area contributed by atoms with E-state index in [9.17, 15) is 5.11 Å². The molecule has 2 bridgehead atoms. The molecule has 3 saturated carbocycles. The molecule has 0 saturated heterocycles. The predicted molar refractivity (Wildman–Crippen MR) is 70.6 cm³/mol. The van der Waals surface area contributed by atoms with Crippen LogP contribution in [0.4, 0.5) is 0 Å². The van der Waals surface area contributed by atoms with E-state index in [1.54, 1.807) is 0 Å². The highest BCUT2D eigenvalue weighted by Gasteiger charge is 2.62. The molecule has 0 amide bonds. The fourth-order valence-electron chi connectivity index (χ4n) is 6.08. The number of fused-ring (bicyclic) bond motifs is 5. The van der Waals surface area contributed by atoms with E-state index in [0.29, 0.717) is 6.61 Å². The Balaban J connectivity index is 1.86. The van der Waals surface area contributed by atoms with Crippen molar-refractivity contribution in [3.63, 3.8) is 0 Å². The van der Waals surface area contributed by atoms with Crippen LogP contribution in [-0.2, 0) is 0 Å². The van der Waals surface area contributed by atoms with Crippen molar-refractivity contribution in [3.05, 3.63) is 0 Å². The zero-order chi connectivity index (χ0) is 12.2. The van der Waals surface area contributed by atoms with Crippen LogP contribution in [0.1, 0.15) is 52.9 Å². The average Bonchev–Trinajstić information content (AvgIpc) is 2.91. The smallest absolute Gasteiger partial charge is 0.0487 e. The molecule has 0 aliphatic heterocycles. The molecule has 3 aliphatic rings. The molecule has 1 nitrogen and oxygen atoms in total. The standard InChI is InChI=1S/C16H28O/c1-4-5-11-6-10(2)14-12-7-13(15(11)14)16(3,8-12)9-17/h10-15,17H,4-9H2,1-3H3. The molecule has 0 aromatic heterocycles. The number of rotatable bonds is 3. The van der Waals surface area contributed by atoms with Crippen LogP contribution in [0, 0.1) is 40.9 Å². The molecule has 7 atom stereocenters. The fourth-order valence-corrected chi connectivity index (χ4v) is 6.08. The van der Waals surface area contributed by atoms with E-state index in [-0.39, 0.29) is 5.41 Å². The van der Waals surface area contributed by atoms with Gasteiger partial charge in [-0.05, 0) is 60.2 Å². The van der Waals surface area contributed by atoms with Gasteiger partial charge in [0, 0.05) is 6.61 Å². The van der Waals surface area contributed by atoms with Gasteiger partial charge in [-0.25, -0.2) is 0 Å². The largest absolute Gasteiger partial charge is 0.396 e. The summed E-state index contributed by atoms with van der Waals surface area (Å²) in [5.41, 5.74) is 0.266. The van der Waals surface area contributed by atoms with Crippen molar-refractivity contribution in [1.29, 1.82) is 0 Å². The minimum Gasteiger partial charge on any atom is -0.396 e. The van der Waals surface area contributed by atoms with Gasteiger partial charge in [0.25, 0.3) is 0 Å². The maximum absolute atomic E-state index is 9.75. The van der Waals surface area contributed by atoms with Crippen LogP contribution >= 0.6 is 0 Å². The first-order chi connectivity index (χ1) is 8.10. The third-order valence-corrected chi connectivity index (χ3v) is 6.53. The second kappa shape index (κ2) is 3.98. The lowest BCUT2D eigenvalue weighted by molar-refractivity contribution is 0.0171. The monoisotopic (exact) mass is 236 g/mol. The minimum atomic E-state index is 0.266. The van der Waals surface area contributed by atoms with Crippen molar-refractivity contribution in [2.75, 3.05) is 6.61 Å². The summed E-state index contributed by atoms with van der Waals surface area (Å²) in [5.74, 6) is 5.68. The predicted octanol–water partition coefficient (Wildman–Crippen LogP) is 3.71. The molecule has 98 valence electrons. The summed E-state index contributed by atoms with van der Waals surface area (Å²) < 4.78 is 0. The van der Waals surface area contributed by atoms with E-state index < -0.39 is 0 Å². The number of aliphatic hydroxyl groups is 1. The van der Waals surface area contributed by atoms with Gasteiger partial charge in [-0.15, -0.1) is 0 Å². The van der Waals surface area contributed by atoms with Gasteiger partial charge < -0.3 is 5.11 Å². The molecule has 0 spiro atoms. The minimum absolute atomic E-state index is 0.266. The van der Waals surface area contributed by atoms with Gasteiger partial charge in [-0.2, -0.15) is 0 Å². The highest BCUT2D eigenvalue weighted by atomic mass is 16.3. The second-order valence-electron chi connectivity index (χ2n) is 7.53. The topological polar surface area (TPSA) is 20.2 Å². The molecule has 0 heterocycles. The molecule has 1 N–H and O–H groups in total. The van der Waals surface area contributed by atoms with E-state index in [4.69, 9.17) is 0 Å². The summed E-state index contributed by atoms with van der Waals surface area (Å²) in [4.78, 5) is 0. The lowest BCUT2D eigenvalue weighted by atomic mass is 9.64. The van der Waals surface area contributed by atoms with Crippen molar-refractivity contribution < 1.29 is 5.11 Å². The highest BCUT2D eigenvalue weighted by Crippen LogP contribution is 2.68. The van der Waals surface area contributed by atoms with Crippen LogP contribution in [-0.4, -0.2) is 11.7 Å². The van der Waals surface area contributed by atoms with Crippen LogP contribution < -0.4 is 0 Å². The Hall–Kier alpha value is -0.0400. The van der Waals surface area contributed by atoms with Gasteiger partial charge in [0.2, 0.25) is 0 Å². The van der Waals surface area contributed by atoms with E-state index in [1.165, 1.54) is 32.1 Å². The van der Waals surface area contributed by atoms with Crippen LogP contribution in [0.25, 0.3) is 0 Å². The van der Waals surface area contributed by atoms with Crippen LogP contribution in [0.2, 0.25) is 0 Å².